The van der Waals surface area contributed by atoms with Crippen LogP contribution in [-0.2, 0) is 9.53 Å². The summed E-state index contributed by atoms with van der Waals surface area (Å²) in [6.45, 7) is 0.350. The van der Waals surface area contributed by atoms with Crippen molar-refractivity contribution in [3.8, 4) is 0 Å². The average molecular weight is 304 g/mol. The van der Waals surface area contributed by atoms with Crippen LogP contribution in [0.2, 0.25) is 5.02 Å². The van der Waals surface area contributed by atoms with Crippen molar-refractivity contribution >= 4 is 35.2 Å². The smallest absolute Gasteiger partial charge is 0.305 e. The molecule has 0 aliphatic carbocycles. The molecule has 0 aliphatic rings. The van der Waals surface area contributed by atoms with Crippen molar-refractivity contribution in [1.29, 1.82) is 0 Å². The molecule has 0 atom stereocenters. The third-order valence-electron chi connectivity index (χ3n) is 2.19. The molecule has 1 aromatic rings. The number of halogens is 1. The number of nitrogens with zero attached hydrogens (tertiary/aromatic N) is 2. The van der Waals surface area contributed by atoms with E-state index in [1.165, 1.54) is 25.1 Å². The Morgan fingerprint density at radius 1 is 1.53 bits per heavy atom. The lowest BCUT2D eigenvalue weighted by molar-refractivity contribution is -0.140. The zero-order valence-electron chi connectivity index (χ0n) is 10.6. The van der Waals surface area contributed by atoms with Crippen LogP contribution >= 0.6 is 23.4 Å². The molecule has 104 valence electrons. The minimum atomic E-state index is -0.382. The fraction of sp³-hybridized carbons (Fsp3) is 0.455. The molecule has 1 N–H and O–H groups in total. The molecular weight excluding hydrogens is 290 g/mol. The predicted molar refractivity (Wildman–Crippen MR) is 72.4 cm³/mol. The van der Waals surface area contributed by atoms with Crippen molar-refractivity contribution in [3.05, 3.63) is 16.9 Å². The van der Waals surface area contributed by atoms with Gasteiger partial charge < -0.3 is 10.1 Å². The Labute approximate surface area is 120 Å². The Balaban J connectivity index is 2.51. The van der Waals surface area contributed by atoms with Gasteiger partial charge in [0.05, 0.1) is 18.3 Å². The first-order valence-electron chi connectivity index (χ1n) is 5.50. The SMILES string of the molecule is COC(=O)CCCNC(=O)c1nc(SC)ncc1Cl. The quantitative estimate of drug-likeness (QED) is 0.371. The van der Waals surface area contributed by atoms with Gasteiger partial charge in [0.1, 0.15) is 0 Å². The van der Waals surface area contributed by atoms with Gasteiger partial charge in [-0.1, -0.05) is 23.4 Å². The highest BCUT2D eigenvalue weighted by atomic mass is 35.5. The van der Waals surface area contributed by atoms with Crippen molar-refractivity contribution in [2.24, 2.45) is 0 Å². The van der Waals surface area contributed by atoms with Crippen LogP contribution in [0.25, 0.3) is 0 Å². The molecule has 0 aliphatic heterocycles. The van der Waals surface area contributed by atoms with E-state index in [1.807, 2.05) is 0 Å². The van der Waals surface area contributed by atoms with Gasteiger partial charge >= 0.3 is 5.97 Å². The molecule has 0 fully saturated rings. The highest BCUT2D eigenvalue weighted by molar-refractivity contribution is 7.98. The van der Waals surface area contributed by atoms with Crippen LogP contribution in [0.4, 0.5) is 0 Å². The fourth-order valence-electron chi connectivity index (χ4n) is 1.23. The van der Waals surface area contributed by atoms with E-state index in [2.05, 4.69) is 20.0 Å². The molecule has 1 aromatic heterocycles. The van der Waals surface area contributed by atoms with Gasteiger partial charge in [0.15, 0.2) is 10.9 Å². The number of carbonyl (C=O) groups excluding carboxylic acids is 2. The largest absolute Gasteiger partial charge is 0.469 e. The molecule has 0 bridgehead atoms. The van der Waals surface area contributed by atoms with E-state index >= 15 is 0 Å². The van der Waals surface area contributed by atoms with E-state index in [-0.39, 0.29) is 29.0 Å². The van der Waals surface area contributed by atoms with Crippen molar-refractivity contribution in [3.63, 3.8) is 0 Å². The predicted octanol–water partition coefficient (Wildman–Crippen LogP) is 1.53. The lowest BCUT2D eigenvalue weighted by atomic mass is 10.3. The van der Waals surface area contributed by atoms with Gasteiger partial charge in [-0.25, -0.2) is 9.97 Å². The van der Waals surface area contributed by atoms with Crippen LogP contribution in [-0.4, -0.2) is 41.8 Å². The summed E-state index contributed by atoms with van der Waals surface area (Å²) in [5.41, 5.74) is 0.138. The van der Waals surface area contributed by atoms with Gasteiger partial charge in [0.25, 0.3) is 5.91 Å². The first-order chi connectivity index (χ1) is 9.08. The summed E-state index contributed by atoms with van der Waals surface area (Å²) in [6, 6.07) is 0. The average Bonchev–Trinajstić information content (AvgIpc) is 2.43. The molecule has 6 nitrogen and oxygen atoms in total. The minimum absolute atomic E-state index is 0.138. The number of esters is 1. The first-order valence-corrected chi connectivity index (χ1v) is 7.10. The van der Waals surface area contributed by atoms with Crippen molar-refractivity contribution in [2.45, 2.75) is 18.0 Å². The van der Waals surface area contributed by atoms with Gasteiger partial charge in [-0.15, -0.1) is 0 Å². The van der Waals surface area contributed by atoms with E-state index in [9.17, 15) is 9.59 Å². The summed E-state index contributed by atoms with van der Waals surface area (Å²) in [7, 11) is 1.32. The van der Waals surface area contributed by atoms with E-state index in [0.29, 0.717) is 18.1 Å². The normalized spacial score (nSPS) is 10.1. The van der Waals surface area contributed by atoms with Gasteiger partial charge in [-0.2, -0.15) is 0 Å². The van der Waals surface area contributed by atoms with Crippen LogP contribution in [0.15, 0.2) is 11.4 Å². The molecular formula is C11H14ClN3O3S. The summed E-state index contributed by atoms with van der Waals surface area (Å²) < 4.78 is 4.50. The molecule has 0 spiro atoms. The van der Waals surface area contributed by atoms with Crippen LogP contribution in [0, 0.1) is 0 Å². The van der Waals surface area contributed by atoms with Gasteiger partial charge in [-0.05, 0) is 12.7 Å². The zero-order chi connectivity index (χ0) is 14.3. The van der Waals surface area contributed by atoms with Crippen LogP contribution in [0.5, 0.6) is 0 Å². The number of nitrogens with one attached hydrogen (secondary N) is 1. The standard InChI is InChI=1S/C11H14ClN3O3S/c1-18-8(16)4-3-5-13-10(17)9-7(12)6-14-11(15-9)19-2/h6H,3-5H2,1-2H3,(H,13,17). The Bertz CT molecular complexity index is 470. The Morgan fingerprint density at radius 2 is 2.26 bits per heavy atom. The van der Waals surface area contributed by atoms with Crippen molar-refractivity contribution in [2.75, 3.05) is 19.9 Å². The van der Waals surface area contributed by atoms with E-state index in [1.54, 1.807) is 6.26 Å². The Kier molecular flexibility index (Phi) is 6.58. The Hall–Kier alpha value is -1.34. The summed E-state index contributed by atoms with van der Waals surface area (Å²) >= 11 is 7.19. The van der Waals surface area contributed by atoms with Crippen LogP contribution in [0.3, 0.4) is 0 Å². The van der Waals surface area contributed by atoms with Crippen molar-refractivity contribution in [1.82, 2.24) is 15.3 Å². The van der Waals surface area contributed by atoms with Gasteiger partial charge in [-0.3, -0.25) is 9.59 Å². The summed E-state index contributed by atoms with van der Waals surface area (Å²) in [6.07, 6.45) is 3.95. The third kappa shape index (κ3) is 5.04. The second kappa shape index (κ2) is 7.96. The Morgan fingerprint density at radius 3 is 2.89 bits per heavy atom. The molecule has 1 rings (SSSR count). The van der Waals surface area contributed by atoms with Crippen molar-refractivity contribution < 1.29 is 14.3 Å². The molecule has 1 amide bonds. The van der Waals surface area contributed by atoms with Crippen LogP contribution < -0.4 is 5.32 Å². The number of ether oxygens (including phenoxy) is 1. The fourth-order valence-corrected chi connectivity index (χ4v) is 1.75. The summed E-state index contributed by atoms with van der Waals surface area (Å²) in [4.78, 5) is 30.7. The molecule has 0 unspecified atom stereocenters. The van der Waals surface area contributed by atoms with Gasteiger partial charge in [0.2, 0.25) is 0 Å². The number of thioether (sulfide) groups is 1. The maximum absolute atomic E-state index is 11.8. The molecule has 19 heavy (non-hydrogen) atoms. The molecule has 8 heteroatoms. The number of aromatic nitrogens is 2. The topological polar surface area (TPSA) is 81.2 Å². The first kappa shape index (κ1) is 15.7. The maximum atomic E-state index is 11.8. The number of hydrogen-bond acceptors (Lipinski definition) is 6. The molecule has 0 aromatic carbocycles. The zero-order valence-corrected chi connectivity index (χ0v) is 12.2. The number of hydrogen-bond donors (Lipinski definition) is 1. The highest BCUT2D eigenvalue weighted by Gasteiger charge is 2.13. The summed E-state index contributed by atoms with van der Waals surface area (Å²) in [5, 5.41) is 3.31. The highest BCUT2D eigenvalue weighted by Crippen LogP contribution is 2.16. The van der Waals surface area contributed by atoms with Crippen LogP contribution in [0.1, 0.15) is 23.3 Å². The van der Waals surface area contributed by atoms with Gasteiger partial charge in [0, 0.05) is 13.0 Å². The number of carbonyl (C=O) groups is 2. The number of amides is 1. The molecule has 1 heterocycles. The molecule has 0 radical (unpaired) electrons. The second-order valence-electron chi connectivity index (χ2n) is 3.49. The second-order valence-corrected chi connectivity index (χ2v) is 4.67. The lowest BCUT2D eigenvalue weighted by Crippen LogP contribution is -2.26. The monoisotopic (exact) mass is 303 g/mol. The van der Waals surface area contributed by atoms with E-state index in [4.69, 9.17) is 11.6 Å². The molecule has 0 saturated heterocycles. The van der Waals surface area contributed by atoms with E-state index in [0.717, 1.165) is 0 Å². The number of rotatable bonds is 6. The van der Waals surface area contributed by atoms with E-state index < -0.39 is 0 Å². The lowest BCUT2D eigenvalue weighted by Gasteiger charge is -2.06. The number of methoxy groups -OCH3 is 1. The minimum Gasteiger partial charge on any atom is -0.469 e. The maximum Gasteiger partial charge on any atom is 0.305 e. The third-order valence-corrected chi connectivity index (χ3v) is 3.03. The summed E-state index contributed by atoms with van der Waals surface area (Å²) in [5.74, 6) is -0.688. The molecule has 0 saturated carbocycles.